The molecule has 0 aliphatic rings. The fraction of sp³-hybridized carbons (Fsp3) is 0.481. The van der Waals surface area contributed by atoms with Gasteiger partial charge in [-0.25, -0.2) is 8.42 Å². The molecule has 0 aromatic heterocycles. The summed E-state index contributed by atoms with van der Waals surface area (Å²) in [5.74, 6) is -0.380. The van der Waals surface area contributed by atoms with Crippen molar-refractivity contribution in [3.8, 4) is 0 Å². The van der Waals surface area contributed by atoms with Gasteiger partial charge in [-0.2, -0.15) is 0 Å². The van der Waals surface area contributed by atoms with Gasteiger partial charge in [0.1, 0.15) is 12.6 Å². The maximum atomic E-state index is 13.5. The summed E-state index contributed by atoms with van der Waals surface area (Å²) in [5, 5.41) is 2.93. The maximum Gasteiger partial charge on any atom is 0.244 e. The van der Waals surface area contributed by atoms with E-state index in [1.807, 2.05) is 56.3 Å². The minimum Gasteiger partial charge on any atom is -0.352 e. The molecule has 7 nitrogen and oxygen atoms in total. The summed E-state index contributed by atoms with van der Waals surface area (Å²) in [6.45, 7) is 9.60. The SMILES string of the molecule is CC[C@H](C)NC(=O)[C@H](C)N(CCc1ccccc1)C(=O)CN(c1ccc(C(C)C)cc1)S(C)(=O)=O. The van der Waals surface area contributed by atoms with E-state index < -0.39 is 22.0 Å². The molecule has 2 atom stereocenters. The van der Waals surface area contributed by atoms with Crippen LogP contribution in [0, 0.1) is 0 Å². The number of anilines is 1. The highest BCUT2D eigenvalue weighted by atomic mass is 32.2. The molecule has 0 spiro atoms. The summed E-state index contributed by atoms with van der Waals surface area (Å²) in [5.41, 5.74) is 2.53. The van der Waals surface area contributed by atoms with E-state index in [1.165, 1.54) is 4.90 Å². The summed E-state index contributed by atoms with van der Waals surface area (Å²) in [6, 6.07) is 16.1. The van der Waals surface area contributed by atoms with Gasteiger partial charge in [-0.1, -0.05) is 63.2 Å². The number of sulfonamides is 1. The van der Waals surface area contributed by atoms with E-state index in [4.69, 9.17) is 0 Å². The van der Waals surface area contributed by atoms with E-state index in [9.17, 15) is 18.0 Å². The Hall–Kier alpha value is -2.87. The third kappa shape index (κ3) is 8.38. The topological polar surface area (TPSA) is 86.8 Å². The van der Waals surface area contributed by atoms with E-state index >= 15 is 0 Å². The molecule has 0 saturated heterocycles. The number of carbonyl (C=O) groups excluding carboxylic acids is 2. The molecule has 8 heteroatoms. The molecule has 192 valence electrons. The number of nitrogens with one attached hydrogen (secondary N) is 1. The zero-order valence-corrected chi connectivity index (χ0v) is 22.5. The molecule has 0 aliphatic carbocycles. The highest BCUT2D eigenvalue weighted by Crippen LogP contribution is 2.22. The number of rotatable bonds is 12. The summed E-state index contributed by atoms with van der Waals surface area (Å²) >= 11 is 0. The van der Waals surface area contributed by atoms with Crippen LogP contribution in [0.5, 0.6) is 0 Å². The molecule has 2 aromatic carbocycles. The largest absolute Gasteiger partial charge is 0.352 e. The lowest BCUT2D eigenvalue weighted by Crippen LogP contribution is -2.53. The molecule has 0 radical (unpaired) electrons. The zero-order valence-electron chi connectivity index (χ0n) is 21.7. The van der Waals surface area contributed by atoms with Crippen molar-refractivity contribution in [1.82, 2.24) is 10.2 Å². The van der Waals surface area contributed by atoms with Gasteiger partial charge in [0, 0.05) is 12.6 Å². The van der Waals surface area contributed by atoms with Crippen molar-refractivity contribution < 1.29 is 18.0 Å². The van der Waals surface area contributed by atoms with Crippen LogP contribution in [-0.4, -0.2) is 56.6 Å². The second-order valence-electron chi connectivity index (χ2n) is 9.33. The number of hydrogen-bond donors (Lipinski definition) is 1. The lowest BCUT2D eigenvalue weighted by molar-refractivity contribution is -0.139. The van der Waals surface area contributed by atoms with E-state index in [-0.39, 0.29) is 18.5 Å². The first-order valence-corrected chi connectivity index (χ1v) is 14.0. The standard InChI is InChI=1S/C27H39N3O4S/c1-7-21(4)28-27(32)22(5)29(18-17-23-11-9-8-10-12-23)26(31)19-30(35(6,33)34)25-15-13-24(14-16-25)20(2)3/h8-16,20-22H,7,17-19H2,1-6H3,(H,28,32)/t21-,22-/m0/s1. The molecular weight excluding hydrogens is 462 g/mol. The van der Waals surface area contributed by atoms with Gasteiger partial charge in [0.25, 0.3) is 0 Å². The van der Waals surface area contributed by atoms with E-state index in [1.54, 1.807) is 19.1 Å². The molecule has 2 amide bonds. The molecule has 2 aromatic rings. The van der Waals surface area contributed by atoms with E-state index in [2.05, 4.69) is 19.2 Å². The Balaban J connectivity index is 2.31. The lowest BCUT2D eigenvalue weighted by Gasteiger charge is -2.32. The smallest absolute Gasteiger partial charge is 0.244 e. The Kier molecular flexibility index (Phi) is 10.3. The van der Waals surface area contributed by atoms with Crippen LogP contribution in [0.3, 0.4) is 0 Å². The van der Waals surface area contributed by atoms with Crippen LogP contribution >= 0.6 is 0 Å². The summed E-state index contributed by atoms with van der Waals surface area (Å²) in [7, 11) is -3.73. The molecule has 0 heterocycles. The highest BCUT2D eigenvalue weighted by Gasteiger charge is 2.30. The van der Waals surface area contributed by atoms with Crippen molar-refractivity contribution in [2.75, 3.05) is 23.7 Å². The van der Waals surface area contributed by atoms with Crippen LogP contribution < -0.4 is 9.62 Å². The van der Waals surface area contributed by atoms with Crippen molar-refractivity contribution in [2.45, 2.75) is 65.5 Å². The molecule has 0 unspecified atom stereocenters. The monoisotopic (exact) mass is 501 g/mol. The predicted octanol–water partition coefficient (Wildman–Crippen LogP) is 3.95. The van der Waals surface area contributed by atoms with Crippen LogP contribution in [0.2, 0.25) is 0 Å². The molecule has 1 N–H and O–H groups in total. The first-order valence-electron chi connectivity index (χ1n) is 12.2. The Morgan fingerprint density at radius 2 is 1.54 bits per heavy atom. The van der Waals surface area contributed by atoms with Crippen molar-refractivity contribution in [2.24, 2.45) is 0 Å². The molecular formula is C27H39N3O4S. The number of amides is 2. The van der Waals surface area contributed by atoms with Crippen LogP contribution in [-0.2, 0) is 26.0 Å². The van der Waals surface area contributed by atoms with Crippen molar-refractivity contribution in [1.29, 1.82) is 0 Å². The van der Waals surface area contributed by atoms with Crippen LogP contribution in [0.25, 0.3) is 0 Å². The Morgan fingerprint density at radius 3 is 2.06 bits per heavy atom. The maximum absolute atomic E-state index is 13.5. The number of benzene rings is 2. The molecule has 35 heavy (non-hydrogen) atoms. The van der Waals surface area contributed by atoms with Gasteiger partial charge in [-0.15, -0.1) is 0 Å². The molecule has 0 fully saturated rings. The minimum atomic E-state index is -3.73. The predicted molar refractivity (Wildman–Crippen MR) is 142 cm³/mol. The number of nitrogens with zero attached hydrogens (tertiary/aromatic N) is 2. The van der Waals surface area contributed by atoms with Crippen LogP contribution in [0.1, 0.15) is 58.1 Å². The van der Waals surface area contributed by atoms with Crippen LogP contribution in [0.4, 0.5) is 5.69 Å². The lowest BCUT2D eigenvalue weighted by atomic mass is 10.0. The third-order valence-corrected chi connectivity index (χ3v) is 7.32. The quantitative estimate of drug-likeness (QED) is 0.477. The second kappa shape index (κ2) is 12.7. The van der Waals surface area contributed by atoms with Crippen LogP contribution in [0.15, 0.2) is 54.6 Å². The third-order valence-electron chi connectivity index (χ3n) is 6.18. The van der Waals surface area contributed by atoms with E-state index in [0.717, 1.165) is 28.1 Å². The van der Waals surface area contributed by atoms with E-state index in [0.29, 0.717) is 24.6 Å². The number of hydrogen-bond acceptors (Lipinski definition) is 4. The highest BCUT2D eigenvalue weighted by molar-refractivity contribution is 7.92. The Morgan fingerprint density at radius 1 is 0.943 bits per heavy atom. The van der Waals surface area contributed by atoms with Gasteiger partial charge in [-0.3, -0.25) is 13.9 Å². The van der Waals surface area contributed by atoms with Gasteiger partial charge in [0.15, 0.2) is 0 Å². The normalized spacial score (nSPS) is 13.2. The summed E-state index contributed by atoms with van der Waals surface area (Å²) in [4.78, 5) is 27.9. The second-order valence-corrected chi connectivity index (χ2v) is 11.2. The summed E-state index contributed by atoms with van der Waals surface area (Å²) in [6.07, 6.45) is 2.41. The van der Waals surface area contributed by atoms with Gasteiger partial charge >= 0.3 is 0 Å². The average molecular weight is 502 g/mol. The van der Waals surface area contributed by atoms with Gasteiger partial charge in [0.05, 0.1) is 11.9 Å². The van der Waals surface area contributed by atoms with Crippen molar-refractivity contribution >= 4 is 27.5 Å². The van der Waals surface area contributed by atoms with Gasteiger partial charge in [-0.05, 0) is 55.9 Å². The van der Waals surface area contributed by atoms with Gasteiger partial charge < -0.3 is 10.2 Å². The average Bonchev–Trinajstić information content (AvgIpc) is 2.82. The summed E-state index contributed by atoms with van der Waals surface area (Å²) < 4.78 is 26.4. The molecule has 0 bridgehead atoms. The first kappa shape index (κ1) is 28.4. The first-order chi connectivity index (χ1) is 16.4. The Bertz CT molecular complexity index is 1070. The molecule has 2 rings (SSSR count). The fourth-order valence-electron chi connectivity index (χ4n) is 3.67. The number of carbonyl (C=O) groups is 2. The van der Waals surface area contributed by atoms with Crippen molar-refractivity contribution in [3.63, 3.8) is 0 Å². The van der Waals surface area contributed by atoms with Crippen molar-refractivity contribution in [3.05, 3.63) is 65.7 Å². The van der Waals surface area contributed by atoms with Gasteiger partial charge in [0.2, 0.25) is 21.8 Å². The minimum absolute atomic E-state index is 0.0250. The Labute approximate surface area is 210 Å². The molecule has 0 aliphatic heterocycles. The fourth-order valence-corrected chi connectivity index (χ4v) is 4.52. The zero-order chi connectivity index (χ0) is 26.2. The molecule has 0 saturated carbocycles.